The number of epoxide rings is 1. The second kappa shape index (κ2) is 4.17. The van der Waals surface area contributed by atoms with Gasteiger partial charge in [-0.05, 0) is 36.7 Å². The van der Waals surface area contributed by atoms with E-state index in [4.69, 9.17) is 9.47 Å². The molecule has 3 aliphatic heterocycles. The predicted molar refractivity (Wildman–Crippen MR) is 89.1 cm³/mol. The predicted octanol–water partition coefficient (Wildman–Crippen LogP) is 2.55. The minimum Gasteiger partial charge on any atom is -0.393 e. The summed E-state index contributed by atoms with van der Waals surface area (Å²) in [4.78, 5) is 0. The van der Waals surface area contributed by atoms with Crippen molar-refractivity contribution in [1.82, 2.24) is 0 Å². The van der Waals surface area contributed by atoms with Crippen LogP contribution in [0.3, 0.4) is 0 Å². The maximum Gasteiger partial charge on any atom is 0.201 e. The van der Waals surface area contributed by atoms with Gasteiger partial charge in [0.2, 0.25) is 5.79 Å². The molecular weight excluding hydrogens is 304 g/mol. The molecule has 24 heavy (non-hydrogen) atoms. The van der Waals surface area contributed by atoms with Gasteiger partial charge >= 0.3 is 0 Å². The Kier molecular flexibility index (Phi) is 2.70. The summed E-state index contributed by atoms with van der Waals surface area (Å²) >= 11 is 0. The van der Waals surface area contributed by atoms with Gasteiger partial charge in [0.15, 0.2) is 0 Å². The maximum absolute atomic E-state index is 11.5. The number of aliphatic hydroxyl groups excluding tert-OH is 1. The van der Waals surface area contributed by atoms with E-state index < -0.39 is 11.4 Å². The van der Waals surface area contributed by atoms with Crippen LogP contribution in [-0.2, 0) is 9.47 Å². The van der Waals surface area contributed by atoms with Crippen molar-refractivity contribution in [3.63, 3.8) is 0 Å². The summed E-state index contributed by atoms with van der Waals surface area (Å²) < 4.78 is 11.9. The summed E-state index contributed by atoms with van der Waals surface area (Å²) in [6.45, 7) is 8.95. The van der Waals surface area contributed by atoms with Gasteiger partial charge in [-0.15, -0.1) is 0 Å². The Hall–Kier alpha value is -0.680. The first-order valence-corrected chi connectivity index (χ1v) is 9.34. The Morgan fingerprint density at radius 2 is 2.00 bits per heavy atom. The van der Waals surface area contributed by atoms with Crippen LogP contribution < -0.4 is 0 Å². The lowest BCUT2D eigenvalue weighted by Gasteiger charge is -2.58. The van der Waals surface area contributed by atoms with Gasteiger partial charge in [0, 0.05) is 10.8 Å². The van der Waals surface area contributed by atoms with E-state index in [2.05, 4.69) is 39.8 Å². The van der Waals surface area contributed by atoms with Gasteiger partial charge in [0.25, 0.3) is 0 Å². The zero-order valence-corrected chi connectivity index (χ0v) is 15.0. The zero-order valence-electron chi connectivity index (χ0n) is 15.0. The average Bonchev–Trinajstić information content (AvgIpc) is 3.13. The molecule has 0 aromatic rings. The first-order chi connectivity index (χ1) is 11.2. The number of hydrogen-bond donors (Lipinski definition) is 2. The molecule has 2 N–H and O–H groups in total. The fourth-order valence-corrected chi connectivity index (χ4v) is 6.26. The molecule has 0 amide bonds. The molecule has 4 fully saturated rings. The second-order valence-corrected chi connectivity index (χ2v) is 9.39. The molecular formula is C20H28O4. The third kappa shape index (κ3) is 1.44. The summed E-state index contributed by atoms with van der Waals surface area (Å²) in [5.41, 5.74) is 2.02. The van der Waals surface area contributed by atoms with Crippen LogP contribution in [0.15, 0.2) is 23.3 Å². The highest BCUT2D eigenvalue weighted by atomic mass is 16.8. The van der Waals surface area contributed by atoms with Gasteiger partial charge in [-0.3, -0.25) is 0 Å². The summed E-state index contributed by atoms with van der Waals surface area (Å²) in [7, 11) is 0. The molecule has 0 aromatic heterocycles. The van der Waals surface area contributed by atoms with Gasteiger partial charge in [-0.2, -0.15) is 0 Å². The van der Waals surface area contributed by atoms with E-state index in [0.717, 1.165) is 19.3 Å². The van der Waals surface area contributed by atoms with E-state index in [1.54, 1.807) is 0 Å². The lowest BCUT2D eigenvalue weighted by molar-refractivity contribution is -0.335. The van der Waals surface area contributed by atoms with Crippen molar-refractivity contribution >= 4 is 0 Å². The maximum atomic E-state index is 11.5. The summed E-state index contributed by atoms with van der Waals surface area (Å²) in [6, 6.07) is 0. The Morgan fingerprint density at radius 3 is 2.67 bits per heavy atom. The molecule has 4 nitrogen and oxygen atoms in total. The Balaban J connectivity index is 1.66. The topological polar surface area (TPSA) is 62.2 Å². The van der Waals surface area contributed by atoms with Gasteiger partial charge in [0.1, 0.15) is 11.7 Å². The number of fused-ring (bicyclic) bond motifs is 9. The van der Waals surface area contributed by atoms with E-state index in [0.29, 0.717) is 5.92 Å². The van der Waals surface area contributed by atoms with Crippen molar-refractivity contribution in [3.05, 3.63) is 23.3 Å². The third-order valence-corrected chi connectivity index (χ3v) is 7.92. The molecule has 2 bridgehead atoms. The van der Waals surface area contributed by atoms with Gasteiger partial charge in [-0.25, -0.2) is 0 Å². The van der Waals surface area contributed by atoms with Crippen molar-refractivity contribution in [2.75, 3.05) is 6.61 Å². The minimum absolute atomic E-state index is 0.0704. The van der Waals surface area contributed by atoms with Crippen LogP contribution in [0.5, 0.6) is 0 Å². The van der Waals surface area contributed by atoms with E-state index in [9.17, 15) is 10.2 Å². The fraction of sp³-hybridized carbons (Fsp3) is 0.800. The van der Waals surface area contributed by atoms with Crippen LogP contribution in [0.1, 0.15) is 47.0 Å². The van der Waals surface area contributed by atoms with Crippen LogP contribution in [0.4, 0.5) is 0 Å². The minimum atomic E-state index is -1.28. The molecule has 7 atom stereocenters. The molecule has 132 valence electrons. The van der Waals surface area contributed by atoms with E-state index in [1.165, 1.54) is 11.1 Å². The smallest absolute Gasteiger partial charge is 0.201 e. The van der Waals surface area contributed by atoms with Crippen LogP contribution in [-0.4, -0.2) is 40.4 Å². The molecule has 3 saturated heterocycles. The molecule has 5 aliphatic rings. The van der Waals surface area contributed by atoms with Gasteiger partial charge in [-0.1, -0.05) is 45.4 Å². The van der Waals surface area contributed by atoms with Gasteiger partial charge in [0.05, 0.1) is 12.7 Å². The summed E-state index contributed by atoms with van der Waals surface area (Å²) in [5, 5.41) is 21.4. The Bertz CT molecular complexity index is 681. The standard InChI is InChI=1S/C20H28O4/c1-11(2)12-5-6-17(3)7-8-18(4)13(15(12)17)9-14-19(10-21)16(24-19)20(18,22)23-14/h5-6,11,13-14,16,21-22H,7-10H2,1-4H3/t13-,14-,16-,17-,18-,19-,20-/m1/s1. The van der Waals surface area contributed by atoms with Gasteiger partial charge < -0.3 is 19.7 Å². The normalized spacial score (nSPS) is 57.2. The average molecular weight is 332 g/mol. The highest BCUT2D eigenvalue weighted by molar-refractivity contribution is 5.47. The molecule has 2 aliphatic carbocycles. The Morgan fingerprint density at radius 1 is 1.25 bits per heavy atom. The van der Waals surface area contributed by atoms with Crippen molar-refractivity contribution in [1.29, 1.82) is 0 Å². The number of aliphatic hydroxyl groups is 2. The molecule has 0 unspecified atom stereocenters. The molecule has 4 heteroatoms. The second-order valence-electron chi connectivity index (χ2n) is 9.39. The third-order valence-electron chi connectivity index (χ3n) is 7.92. The monoisotopic (exact) mass is 332 g/mol. The van der Waals surface area contributed by atoms with E-state index >= 15 is 0 Å². The van der Waals surface area contributed by atoms with Crippen LogP contribution in [0.25, 0.3) is 0 Å². The molecule has 0 spiro atoms. The number of allylic oxidation sites excluding steroid dienone is 4. The van der Waals surface area contributed by atoms with Crippen molar-refractivity contribution in [2.24, 2.45) is 22.7 Å². The largest absolute Gasteiger partial charge is 0.393 e. The molecule has 0 radical (unpaired) electrons. The number of rotatable bonds is 2. The molecule has 0 aromatic carbocycles. The molecule has 5 rings (SSSR count). The fourth-order valence-electron chi connectivity index (χ4n) is 6.26. The first-order valence-electron chi connectivity index (χ1n) is 9.34. The van der Waals surface area contributed by atoms with E-state index in [1.807, 2.05) is 0 Å². The van der Waals surface area contributed by atoms with Crippen molar-refractivity contribution < 1.29 is 19.7 Å². The lowest BCUT2D eigenvalue weighted by atomic mass is 9.52. The summed E-state index contributed by atoms with van der Waals surface area (Å²) in [5.74, 6) is -0.511. The van der Waals surface area contributed by atoms with Crippen molar-refractivity contribution in [2.45, 2.75) is 70.6 Å². The Labute approximate surface area is 143 Å². The number of hydrogen-bond acceptors (Lipinski definition) is 4. The highest BCUT2D eigenvalue weighted by Gasteiger charge is 2.84. The van der Waals surface area contributed by atoms with Crippen LogP contribution in [0, 0.1) is 22.7 Å². The van der Waals surface area contributed by atoms with Crippen LogP contribution >= 0.6 is 0 Å². The van der Waals surface area contributed by atoms with Crippen molar-refractivity contribution in [3.8, 4) is 0 Å². The SMILES string of the molecule is CC(C)C1=C2[C@H]3C[C@H]4O[C@](O)([C@@H]5O[C@@]54CO)[C@]3(C)CC[C@@]2(C)C=C1. The highest BCUT2D eigenvalue weighted by Crippen LogP contribution is 2.72. The molecule has 3 heterocycles. The van der Waals surface area contributed by atoms with E-state index in [-0.39, 0.29) is 35.6 Å². The van der Waals surface area contributed by atoms with Crippen LogP contribution in [0.2, 0.25) is 0 Å². The quantitative estimate of drug-likeness (QED) is 0.763. The lowest BCUT2D eigenvalue weighted by Crippen LogP contribution is -2.61. The zero-order chi connectivity index (χ0) is 17.1. The first kappa shape index (κ1) is 15.6. The molecule has 1 saturated carbocycles. The summed E-state index contributed by atoms with van der Waals surface area (Å²) in [6.07, 6.45) is 6.87. The number of ether oxygens (including phenoxy) is 2.